The number of carbonyl (C=O) groups excluding carboxylic acids is 1. The molecular formula is C13H20N2O3. The zero-order valence-electron chi connectivity index (χ0n) is 11.0. The van der Waals surface area contributed by atoms with Crippen LogP contribution in [0.3, 0.4) is 0 Å². The summed E-state index contributed by atoms with van der Waals surface area (Å²) in [6, 6.07) is 6.72. The van der Waals surface area contributed by atoms with E-state index in [-0.39, 0.29) is 18.7 Å². The maximum Gasteiger partial charge on any atom is 0.321 e. The van der Waals surface area contributed by atoms with Crippen molar-refractivity contribution in [1.82, 2.24) is 4.90 Å². The van der Waals surface area contributed by atoms with Gasteiger partial charge in [0, 0.05) is 18.8 Å². The number of nitrogens with one attached hydrogen (secondary N) is 1. The highest BCUT2D eigenvalue weighted by molar-refractivity contribution is 5.89. The van der Waals surface area contributed by atoms with E-state index >= 15 is 0 Å². The fraction of sp³-hybridized carbons (Fsp3) is 0.462. The van der Waals surface area contributed by atoms with Crippen LogP contribution in [0.5, 0.6) is 5.75 Å². The second-order valence-corrected chi connectivity index (χ2v) is 4.03. The van der Waals surface area contributed by atoms with Crippen LogP contribution in [0.15, 0.2) is 24.3 Å². The van der Waals surface area contributed by atoms with Crippen molar-refractivity contribution in [2.75, 3.05) is 25.6 Å². The molecule has 0 spiro atoms. The Hall–Kier alpha value is -1.75. The SMILES string of the molecule is CCOc1cccc(NC(=O)N(C)C(C)CO)c1. The van der Waals surface area contributed by atoms with E-state index in [9.17, 15) is 4.79 Å². The number of rotatable bonds is 5. The zero-order valence-corrected chi connectivity index (χ0v) is 11.0. The molecule has 0 bridgehead atoms. The molecule has 0 aliphatic heterocycles. The molecule has 0 saturated carbocycles. The first-order valence-electron chi connectivity index (χ1n) is 5.96. The minimum Gasteiger partial charge on any atom is -0.494 e. The summed E-state index contributed by atoms with van der Waals surface area (Å²) in [6.07, 6.45) is 0. The molecule has 1 aromatic rings. The van der Waals surface area contributed by atoms with Crippen molar-refractivity contribution < 1.29 is 14.6 Å². The minimum absolute atomic E-state index is 0.0666. The summed E-state index contributed by atoms with van der Waals surface area (Å²) < 4.78 is 5.35. The van der Waals surface area contributed by atoms with Crippen molar-refractivity contribution in [3.63, 3.8) is 0 Å². The first-order valence-corrected chi connectivity index (χ1v) is 5.96. The van der Waals surface area contributed by atoms with E-state index in [0.717, 1.165) is 0 Å². The molecule has 100 valence electrons. The van der Waals surface area contributed by atoms with E-state index in [1.54, 1.807) is 26.1 Å². The van der Waals surface area contributed by atoms with Crippen LogP contribution in [0.25, 0.3) is 0 Å². The summed E-state index contributed by atoms with van der Waals surface area (Å²) in [5.41, 5.74) is 0.669. The summed E-state index contributed by atoms with van der Waals surface area (Å²) >= 11 is 0. The predicted molar refractivity (Wildman–Crippen MR) is 70.9 cm³/mol. The van der Waals surface area contributed by atoms with Gasteiger partial charge in [0.05, 0.1) is 19.3 Å². The van der Waals surface area contributed by atoms with Gasteiger partial charge in [0.25, 0.3) is 0 Å². The molecule has 0 aromatic heterocycles. The molecule has 5 nitrogen and oxygen atoms in total. The van der Waals surface area contributed by atoms with Gasteiger partial charge in [-0.25, -0.2) is 4.79 Å². The fourth-order valence-corrected chi connectivity index (χ4v) is 1.36. The van der Waals surface area contributed by atoms with E-state index in [1.807, 2.05) is 19.1 Å². The first kappa shape index (κ1) is 14.3. The van der Waals surface area contributed by atoms with Crippen molar-refractivity contribution >= 4 is 11.7 Å². The van der Waals surface area contributed by atoms with Crippen LogP contribution in [0.1, 0.15) is 13.8 Å². The van der Waals surface area contributed by atoms with E-state index < -0.39 is 0 Å². The lowest BCUT2D eigenvalue weighted by molar-refractivity contribution is 0.166. The van der Waals surface area contributed by atoms with Crippen LogP contribution in [-0.4, -0.2) is 42.3 Å². The second kappa shape index (κ2) is 6.86. The lowest BCUT2D eigenvalue weighted by Gasteiger charge is -2.23. The maximum absolute atomic E-state index is 11.8. The highest BCUT2D eigenvalue weighted by Crippen LogP contribution is 2.17. The number of benzene rings is 1. The standard InChI is InChI=1S/C13H20N2O3/c1-4-18-12-7-5-6-11(8-12)14-13(17)15(3)10(2)9-16/h5-8,10,16H,4,9H2,1-3H3,(H,14,17). The molecule has 0 aliphatic carbocycles. The Morgan fingerprint density at radius 2 is 2.28 bits per heavy atom. The van der Waals surface area contributed by atoms with E-state index in [4.69, 9.17) is 9.84 Å². The molecule has 1 rings (SSSR count). The lowest BCUT2D eigenvalue weighted by atomic mass is 10.3. The van der Waals surface area contributed by atoms with Crippen molar-refractivity contribution in [3.05, 3.63) is 24.3 Å². The molecule has 5 heteroatoms. The Bertz CT molecular complexity index is 396. The predicted octanol–water partition coefficient (Wildman–Crippen LogP) is 1.93. The quantitative estimate of drug-likeness (QED) is 0.841. The van der Waals surface area contributed by atoms with Crippen LogP contribution < -0.4 is 10.1 Å². The number of anilines is 1. The number of amides is 2. The number of hydrogen-bond acceptors (Lipinski definition) is 3. The topological polar surface area (TPSA) is 61.8 Å². The van der Waals surface area contributed by atoms with Crippen LogP contribution >= 0.6 is 0 Å². The number of carbonyl (C=O) groups is 1. The van der Waals surface area contributed by atoms with Crippen molar-refractivity contribution in [3.8, 4) is 5.75 Å². The number of aliphatic hydroxyl groups is 1. The molecule has 2 amide bonds. The molecular weight excluding hydrogens is 232 g/mol. The molecule has 1 aromatic carbocycles. The minimum atomic E-state index is -0.259. The van der Waals surface area contributed by atoms with Gasteiger partial charge < -0.3 is 20.1 Å². The molecule has 0 fully saturated rings. The number of hydrogen-bond donors (Lipinski definition) is 2. The van der Waals surface area contributed by atoms with Gasteiger partial charge in [-0.2, -0.15) is 0 Å². The summed E-state index contributed by atoms with van der Waals surface area (Å²) in [4.78, 5) is 13.3. The fourth-order valence-electron chi connectivity index (χ4n) is 1.36. The number of nitrogens with zero attached hydrogens (tertiary/aromatic N) is 1. The van der Waals surface area contributed by atoms with E-state index in [0.29, 0.717) is 18.0 Å². The number of urea groups is 1. The van der Waals surface area contributed by atoms with Crippen LogP contribution in [0, 0.1) is 0 Å². The molecule has 0 radical (unpaired) electrons. The number of likely N-dealkylation sites (N-methyl/N-ethyl adjacent to an activating group) is 1. The summed E-state index contributed by atoms with van der Waals surface area (Å²) in [6.45, 7) is 4.19. The van der Waals surface area contributed by atoms with Crippen LogP contribution in [0.4, 0.5) is 10.5 Å². The Morgan fingerprint density at radius 1 is 1.56 bits per heavy atom. The van der Waals surface area contributed by atoms with Gasteiger partial charge in [-0.1, -0.05) is 6.07 Å². The summed E-state index contributed by atoms with van der Waals surface area (Å²) in [5, 5.41) is 11.7. The smallest absolute Gasteiger partial charge is 0.321 e. The second-order valence-electron chi connectivity index (χ2n) is 4.03. The van der Waals surface area contributed by atoms with Crippen molar-refractivity contribution in [2.24, 2.45) is 0 Å². The number of aliphatic hydroxyl groups excluding tert-OH is 1. The van der Waals surface area contributed by atoms with Gasteiger partial charge in [-0.3, -0.25) is 0 Å². The Kier molecular flexibility index (Phi) is 5.45. The average Bonchev–Trinajstić information content (AvgIpc) is 2.37. The average molecular weight is 252 g/mol. The third kappa shape index (κ3) is 3.92. The Balaban J connectivity index is 2.66. The molecule has 0 aliphatic rings. The highest BCUT2D eigenvalue weighted by atomic mass is 16.5. The van der Waals surface area contributed by atoms with Gasteiger partial charge in [-0.15, -0.1) is 0 Å². The summed E-state index contributed by atoms with van der Waals surface area (Å²) in [5.74, 6) is 0.716. The first-order chi connectivity index (χ1) is 8.58. The molecule has 1 atom stereocenters. The molecule has 0 saturated heterocycles. The van der Waals surface area contributed by atoms with Gasteiger partial charge in [0.2, 0.25) is 0 Å². The normalized spacial score (nSPS) is 11.8. The maximum atomic E-state index is 11.8. The van der Waals surface area contributed by atoms with E-state index in [1.165, 1.54) is 4.90 Å². The van der Waals surface area contributed by atoms with E-state index in [2.05, 4.69) is 5.32 Å². The number of ether oxygens (including phenoxy) is 1. The monoisotopic (exact) mass is 252 g/mol. The molecule has 2 N–H and O–H groups in total. The molecule has 1 unspecified atom stereocenters. The highest BCUT2D eigenvalue weighted by Gasteiger charge is 2.14. The largest absolute Gasteiger partial charge is 0.494 e. The van der Waals surface area contributed by atoms with Crippen LogP contribution in [0.2, 0.25) is 0 Å². The van der Waals surface area contributed by atoms with Crippen molar-refractivity contribution in [1.29, 1.82) is 0 Å². The third-order valence-corrected chi connectivity index (χ3v) is 2.64. The Morgan fingerprint density at radius 3 is 2.89 bits per heavy atom. The van der Waals surface area contributed by atoms with Gasteiger partial charge in [0.15, 0.2) is 0 Å². The summed E-state index contributed by atoms with van der Waals surface area (Å²) in [7, 11) is 1.64. The van der Waals surface area contributed by atoms with Gasteiger partial charge >= 0.3 is 6.03 Å². The van der Waals surface area contributed by atoms with Crippen LogP contribution in [-0.2, 0) is 0 Å². The zero-order chi connectivity index (χ0) is 13.5. The van der Waals surface area contributed by atoms with Gasteiger partial charge in [-0.05, 0) is 26.0 Å². The lowest BCUT2D eigenvalue weighted by Crippen LogP contribution is -2.40. The molecule has 0 heterocycles. The Labute approximate surface area is 107 Å². The third-order valence-electron chi connectivity index (χ3n) is 2.64. The van der Waals surface area contributed by atoms with Gasteiger partial charge in [0.1, 0.15) is 5.75 Å². The molecule has 18 heavy (non-hydrogen) atoms. The van der Waals surface area contributed by atoms with Crippen molar-refractivity contribution in [2.45, 2.75) is 19.9 Å².